The van der Waals surface area contributed by atoms with Crippen molar-refractivity contribution in [2.45, 2.75) is 13.2 Å². The molecule has 0 saturated carbocycles. The van der Waals surface area contributed by atoms with E-state index in [9.17, 15) is 9.50 Å². The number of nitrogens with zero attached hydrogens (tertiary/aromatic N) is 3. The number of hydrogen-bond donors (Lipinski definition) is 1. The summed E-state index contributed by atoms with van der Waals surface area (Å²) < 4.78 is 20.0. The van der Waals surface area contributed by atoms with Crippen molar-refractivity contribution in [3.8, 4) is 17.0 Å². The Kier molecular flexibility index (Phi) is 4.34. The molecule has 0 aliphatic rings. The third-order valence-electron chi connectivity index (χ3n) is 3.54. The number of rotatable bonds is 5. The third kappa shape index (κ3) is 3.22. The average molecular weight is 313 g/mol. The van der Waals surface area contributed by atoms with E-state index in [1.165, 1.54) is 12.1 Å². The molecule has 1 N–H and O–H groups in total. The molecule has 0 fully saturated rings. The number of hydrogen-bond acceptors (Lipinski definition) is 4. The second-order valence-electron chi connectivity index (χ2n) is 5.06. The van der Waals surface area contributed by atoms with Crippen LogP contribution in [0.5, 0.6) is 5.75 Å². The van der Waals surface area contributed by atoms with Gasteiger partial charge in [0, 0.05) is 5.56 Å². The number of benzene rings is 2. The zero-order chi connectivity index (χ0) is 16.2. The summed E-state index contributed by atoms with van der Waals surface area (Å²) in [6.45, 7) is 0.218. The molecule has 1 aromatic heterocycles. The lowest BCUT2D eigenvalue weighted by atomic mass is 10.1. The fraction of sp³-hybridized carbons (Fsp3) is 0.176. The molecular weight excluding hydrogens is 297 g/mol. The van der Waals surface area contributed by atoms with Gasteiger partial charge < -0.3 is 9.84 Å². The smallest absolute Gasteiger partial charge is 0.123 e. The van der Waals surface area contributed by atoms with E-state index in [-0.39, 0.29) is 12.4 Å². The first-order valence-electron chi connectivity index (χ1n) is 7.13. The van der Waals surface area contributed by atoms with Gasteiger partial charge in [0.15, 0.2) is 0 Å². The van der Waals surface area contributed by atoms with Crippen LogP contribution in [0.2, 0.25) is 0 Å². The summed E-state index contributed by atoms with van der Waals surface area (Å²) in [7, 11) is 1.60. The average Bonchev–Trinajstić information content (AvgIpc) is 2.99. The fourth-order valence-corrected chi connectivity index (χ4v) is 2.41. The summed E-state index contributed by atoms with van der Waals surface area (Å²) in [6.07, 6.45) is 0. The second kappa shape index (κ2) is 6.58. The maximum absolute atomic E-state index is 13.0. The molecule has 0 radical (unpaired) electrons. The zero-order valence-corrected chi connectivity index (χ0v) is 12.6. The highest BCUT2D eigenvalue weighted by Gasteiger charge is 2.15. The Morgan fingerprint density at radius 1 is 1.17 bits per heavy atom. The van der Waals surface area contributed by atoms with Crippen LogP contribution in [0.25, 0.3) is 11.3 Å². The van der Waals surface area contributed by atoms with Crippen molar-refractivity contribution in [3.63, 3.8) is 0 Å². The van der Waals surface area contributed by atoms with Crippen molar-refractivity contribution in [1.29, 1.82) is 0 Å². The predicted molar refractivity (Wildman–Crippen MR) is 83.4 cm³/mol. The summed E-state index contributed by atoms with van der Waals surface area (Å²) in [5.74, 6) is 0.428. The molecule has 3 aromatic rings. The van der Waals surface area contributed by atoms with Crippen LogP contribution in [0, 0.1) is 5.82 Å². The van der Waals surface area contributed by atoms with E-state index in [4.69, 9.17) is 4.74 Å². The minimum atomic E-state index is -0.281. The first kappa shape index (κ1) is 15.2. The van der Waals surface area contributed by atoms with E-state index >= 15 is 0 Å². The van der Waals surface area contributed by atoms with Gasteiger partial charge in [-0.15, -0.1) is 5.10 Å². The van der Waals surface area contributed by atoms with E-state index in [0.29, 0.717) is 18.0 Å². The van der Waals surface area contributed by atoms with Crippen LogP contribution in [0.15, 0.2) is 48.5 Å². The number of aliphatic hydroxyl groups excluding tert-OH is 1. The van der Waals surface area contributed by atoms with Crippen molar-refractivity contribution < 1.29 is 14.2 Å². The predicted octanol–water partition coefficient (Wildman–Crippen LogP) is 2.63. The van der Waals surface area contributed by atoms with Gasteiger partial charge >= 0.3 is 0 Å². The molecule has 0 atom stereocenters. The molecule has 0 bridgehead atoms. The molecule has 5 nitrogen and oxygen atoms in total. The van der Waals surface area contributed by atoms with Gasteiger partial charge in [-0.25, -0.2) is 9.07 Å². The molecule has 6 heteroatoms. The standard InChI is InChI=1S/C17H16FN3O2/c1-23-15-4-2-3-13(9-15)17-16(11-22)19-20-21(17)10-12-5-7-14(18)8-6-12/h2-9,22H,10-11H2,1H3. The van der Waals surface area contributed by atoms with E-state index in [0.717, 1.165) is 16.8 Å². The molecule has 0 spiro atoms. The van der Waals surface area contributed by atoms with Crippen molar-refractivity contribution in [2.75, 3.05) is 7.11 Å². The summed E-state index contributed by atoms with van der Waals surface area (Å²) >= 11 is 0. The summed E-state index contributed by atoms with van der Waals surface area (Å²) in [5, 5.41) is 17.7. The number of halogens is 1. The van der Waals surface area contributed by atoms with Gasteiger partial charge in [-0.05, 0) is 29.8 Å². The first-order chi connectivity index (χ1) is 11.2. The van der Waals surface area contributed by atoms with Gasteiger partial charge in [-0.2, -0.15) is 0 Å². The fourth-order valence-electron chi connectivity index (χ4n) is 2.41. The van der Waals surface area contributed by atoms with Gasteiger partial charge in [0.2, 0.25) is 0 Å². The zero-order valence-electron chi connectivity index (χ0n) is 12.6. The van der Waals surface area contributed by atoms with Crippen molar-refractivity contribution in [3.05, 3.63) is 65.6 Å². The Labute approximate surface area is 133 Å². The Morgan fingerprint density at radius 3 is 2.65 bits per heavy atom. The Bertz CT molecular complexity index is 800. The number of aliphatic hydroxyl groups is 1. The minimum Gasteiger partial charge on any atom is -0.497 e. The van der Waals surface area contributed by atoms with Gasteiger partial charge in [0.05, 0.1) is 26.0 Å². The third-order valence-corrected chi connectivity index (χ3v) is 3.54. The lowest BCUT2D eigenvalue weighted by molar-refractivity contribution is 0.277. The summed E-state index contributed by atoms with van der Waals surface area (Å²) in [5.41, 5.74) is 2.95. The van der Waals surface area contributed by atoms with E-state index < -0.39 is 0 Å². The normalized spacial score (nSPS) is 10.7. The van der Waals surface area contributed by atoms with Crippen molar-refractivity contribution in [2.24, 2.45) is 0 Å². The van der Waals surface area contributed by atoms with Crippen LogP contribution in [0.4, 0.5) is 4.39 Å². The molecule has 2 aromatic carbocycles. The summed E-state index contributed by atoms with van der Waals surface area (Å²) in [4.78, 5) is 0. The van der Waals surface area contributed by atoms with Crippen LogP contribution < -0.4 is 4.74 Å². The topological polar surface area (TPSA) is 60.2 Å². The number of ether oxygens (including phenoxy) is 1. The molecule has 0 aliphatic heterocycles. The van der Waals surface area contributed by atoms with Gasteiger partial charge in [0.25, 0.3) is 0 Å². The molecule has 118 valence electrons. The highest BCUT2D eigenvalue weighted by molar-refractivity contribution is 5.63. The Balaban J connectivity index is 2.01. The number of methoxy groups -OCH3 is 1. The quantitative estimate of drug-likeness (QED) is 0.786. The highest BCUT2D eigenvalue weighted by atomic mass is 19.1. The molecule has 0 aliphatic carbocycles. The first-order valence-corrected chi connectivity index (χ1v) is 7.13. The molecule has 3 rings (SSSR count). The van der Waals surface area contributed by atoms with Crippen LogP contribution >= 0.6 is 0 Å². The lowest BCUT2D eigenvalue weighted by Gasteiger charge is -2.09. The van der Waals surface area contributed by atoms with Crippen molar-refractivity contribution >= 4 is 0 Å². The SMILES string of the molecule is COc1cccc(-c2c(CO)nnn2Cc2ccc(F)cc2)c1. The van der Waals surface area contributed by atoms with Gasteiger partial charge in [-0.3, -0.25) is 0 Å². The molecule has 23 heavy (non-hydrogen) atoms. The van der Waals surface area contributed by atoms with Gasteiger partial charge in [0.1, 0.15) is 17.3 Å². The molecule has 0 unspecified atom stereocenters. The van der Waals surface area contributed by atoms with Gasteiger partial charge in [-0.1, -0.05) is 29.5 Å². The van der Waals surface area contributed by atoms with Crippen LogP contribution in [-0.2, 0) is 13.2 Å². The monoisotopic (exact) mass is 313 g/mol. The maximum Gasteiger partial charge on any atom is 0.123 e. The highest BCUT2D eigenvalue weighted by Crippen LogP contribution is 2.26. The molecule has 1 heterocycles. The summed E-state index contributed by atoms with van der Waals surface area (Å²) in [6, 6.07) is 13.7. The van der Waals surface area contributed by atoms with Crippen molar-refractivity contribution in [1.82, 2.24) is 15.0 Å². The van der Waals surface area contributed by atoms with E-state index in [1.54, 1.807) is 23.9 Å². The largest absolute Gasteiger partial charge is 0.497 e. The number of aromatic nitrogens is 3. The minimum absolute atomic E-state index is 0.212. The maximum atomic E-state index is 13.0. The van der Waals surface area contributed by atoms with Crippen LogP contribution in [-0.4, -0.2) is 27.2 Å². The molecule has 0 saturated heterocycles. The second-order valence-corrected chi connectivity index (χ2v) is 5.06. The molecule has 0 amide bonds. The Morgan fingerprint density at radius 2 is 1.96 bits per heavy atom. The van der Waals surface area contributed by atoms with E-state index in [1.807, 2.05) is 24.3 Å². The lowest BCUT2D eigenvalue weighted by Crippen LogP contribution is -2.05. The Hall–Kier alpha value is -2.73. The van der Waals surface area contributed by atoms with E-state index in [2.05, 4.69) is 10.3 Å². The van der Waals surface area contributed by atoms with Crippen LogP contribution in [0.1, 0.15) is 11.3 Å². The molecular formula is C17H16FN3O2. The van der Waals surface area contributed by atoms with Crippen LogP contribution in [0.3, 0.4) is 0 Å².